The molecule has 2 aromatic heterocycles. The molecule has 0 saturated carbocycles. The summed E-state index contributed by atoms with van der Waals surface area (Å²) in [4.78, 5) is 11.9. The lowest BCUT2D eigenvalue weighted by Gasteiger charge is -2.11. The van der Waals surface area contributed by atoms with E-state index >= 15 is 0 Å². The number of hydrogen-bond donors (Lipinski definition) is 1. The average molecular weight is 424 g/mol. The van der Waals surface area contributed by atoms with Crippen molar-refractivity contribution in [2.75, 3.05) is 14.2 Å². The van der Waals surface area contributed by atoms with Gasteiger partial charge < -0.3 is 30.9 Å². The van der Waals surface area contributed by atoms with Gasteiger partial charge in [-0.15, -0.1) is 0 Å². The first-order valence-electron chi connectivity index (χ1n) is 7.44. The molecule has 9 nitrogen and oxygen atoms in total. The fourth-order valence-electron chi connectivity index (χ4n) is 2.61. The van der Waals surface area contributed by atoms with Gasteiger partial charge in [0.05, 0.1) is 47.5 Å². The molecule has 0 fully saturated rings. The fraction of sp³-hybridized carbons (Fsp3) is 0.294. The number of aromatic nitrogens is 3. The number of hydrogen-bond acceptors (Lipinski definition) is 5. The lowest BCUT2D eigenvalue weighted by molar-refractivity contribution is 0.407. The number of nitrogens with zero attached hydrogens (tertiary/aromatic N) is 2. The van der Waals surface area contributed by atoms with E-state index in [-0.39, 0.29) is 45.2 Å². The second-order valence-electron chi connectivity index (χ2n) is 5.46. The molecule has 11 heteroatoms. The molecule has 3 rings (SSSR count). The molecule has 0 amide bonds. The topological polar surface area (TPSA) is 172 Å². The van der Waals surface area contributed by atoms with Gasteiger partial charge in [-0.25, -0.2) is 4.98 Å². The van der Waals surface area contributed by atoms with E-state index in [0.717, 1.165) is 39.4 Å². The Morgan fingerprint density at radius 3 is 2.39 bits per heavy atom. The summed E-state index contributed by atoms with van der Waals surface area (Å²) in [6.07, 6.45) is 1.74. The molecule has 0 aliphatic heterocycles. The Bertz CT molecular complexity index is 935. The molecule has 2 radical (unpaired) electrons. The van der Waals surface area contributed by atoms with E-state index in [9.17, 15) is 4.21 Å². The van der Waals surface area contributed by atoms with Crippen molar-refractivity contribution < 1.29 is 30.1 Å². The largest absolute Gasteiger partial charge is 0.497 e. The molecule has 3 aromatic rings. The molecule has 28 heavy (non-hydrogen) atoms. The van der Waals surface area contributed by atoms with Crippen molar-refractivity contribution in [2.24, 2.45) is 0 Å². The summed E-state index contributed by atoms with van der Waals surface area (Å²) in [6, 6.07) is 5.50. The van der Waals surface area contributed by atoms with Gasteiger partial charge in [-0.3, -0.25) is 9.19 Å². The molecule has 0 aliphatic rings. The fourth-order valence-corrected chi connectivity index (χ4v) is 3.71. The summed E-state index contributed by atoms with van der Waals surface area (Å²) < 4.78 is 23.3. The number of imidazole rings is 1. The molecule has 0 aliphatic carbocycles. The number of aryl methyl sites for hydroxylation is 1. The Morgan fingerprint density at radius 1 is 1.11 bits per heavy atom. The van der Waals surface area contributed by atoms with Gasteiger partial charge in [0.2, 0.25) is 0 Å². The molecule has 0 saturated heterocycles. The number of nitrogens with one attached hydrogen (secondary N) is 1. The molecule has 1 atom stereocenters. The molecular weight excluding hydrogens is 399 g/mol. The lowest BCUT2D eigenvalue weighted by Crippen LogP contribution is -2.05. The normalized spacial score (nSPS) is 10.6. The Morgan fingerprint density at radius 2 is 1.79 bits per heavy atom. The third-order valence-corrected chi connectivity index (χ3v) is 5.06. The zero-order chi connectivity index (χ0) is 17.3. The molecule has 2 heterocycles. The first-order valence-corrected chi connectivity index (χ1v) is 8.76. The van der Waals surface area contributed by atoms with Crippen molar-refractivity contribution in [3.63, 3.8) is 0 Å². The highest BCUT2D eigenvalue weighted by molar-refractivity contribution is 7.84. The van der Waals surface area contributed by atoms with Gasteiger partial charge in [0.15, 0.2) is 5.16 Å². The van der Waals surface area contributed by atoms with E-state index in [2.05, 4.69) is 15.0 Å². The zero-order valence-corrected chi connectivity index (χ0v) is 18.5. The SMILES string of the molecule is COc1ccc2nc([S@@](=O)Cc3ncc(C)c(OC)c3C)[nH]c2c1.O.O.O.[Mg]. The second kappa shape index (κ2) is 11.9. The van der Waals surface area contributed by atoms with Crippen molar-refractivity contribution in [1.29, 1.82) is 0 Å². The number of H-pyrrole nitrogens is 1. The number of methoxy groups -OCH3 is 2. The molecule has 0 spiro atoms. The Hall–Kier alpha value is -1.76. The monoisotopic (exact) mass is 423 g/mol. The quantitative estimate of drug-likeness (QED) is 0.570. The summed E-state index contributed by atoms with van der Waals surface area (Å²) in [5.41, 5.74) is 4.16. The minimum atomic E-state index is -1.33. The summed E-state index contributed by atoms with van der Waals surface area (Å²) in [5, 5.41) is 0.430. The summed E-state index contributed by atoms with van der Waals surface area (Å²) in [6.45, 7) is 3.86. The smallest absolute Gasteiger partial charge is 0.197 e. The van der Waals surface area contributed by atoms with Crippen molar-refractivity contribution in [1.82, 2.24) is 15.0 Å². The standard InChI is InChI=1S/C17H19N3O3S.Mg.3H2O/c1-10-8-18-15(11(2)16(10)23-4)9-24(21)17-19-13-6-5-12(22-3)7-14(13)20-17;;;;/h5-8H,9H2,1-4H3,(H,19,20);;3*1H2/t24-;;;;/m0..../s1. The minimum absolute atomic E-state index is 0. The van der Waals surface area contributed by atoms with E-state index in [4.69, 9.17) is 9.47 Å². The molecule has 7 N–H and O–H groups in total. The number of aromatic amines is 1. The van der Waals surface area contributed by atoms with Gasteiger partial charge in [0.1, 0.15) is 11.5 Å². The van der Waals surface area contributed by atoms with Crippen LogP contribution in [0, 0.1) is 13.8 Å². The predicted molar refractivity (Wildman–Crippen MR) is 110 cm³/mol. The number of pyridine rings is 1. The van der Waals surface area contributed by atoms with E-state index in [1.165, 1.54) is 0 Å². The highest BCUT2D eigenvalue weighted by Gasteiger charge is 2.16. The molecule has 1 aromatic carbocycles. The van der Waals surface area contributed by atoms with Crippen LogP contribution in [0.4, 0.5) is 0 Å². The zero-order valence-electron chi connectivity index (χ0n) is 16.3. The Balaban J connectivity index is 0. The van der Waals surface area contributed by atoms with Crippen LogP contribution in [0.15, 0.2) is 29.6 Å². The summed E-state index contributed by atoms with van der Waals surface area (Å²) in [5.74, 6) is 1.79. The number of benzene rings is 1. The van der Waals surface area contributed by atoms with Crippen LogP contribution in [0.3, 0.4) is 0 Å². The highest BCUT2D eigenvalue weighted by Crippen LogP contribution is 2.26. The van der Waals surface area contributed by atoms with Crippen molar-refractivity contribution in [2.45, 2.75) is 24.8 Å². The maximum absolute atomic E-state index is 12.7. The van der Waals surface area contributed by atoms with Crippen LogP contribution in [0.2, 0.25) is 0 Å². The van der Waals surface area contributed by atoms with Gasteiger partial charge in [-0.05, 0) is 26.0 Å². The van der Waals surface area contributed by atoms with Crippen LogP contribution in [0.25, 0.3) is 11.0 Å². The van der Waals surface area contributed by atoms with Crippen molar-refractivity contribution in [3.8, 4) is 11.5 Å². The van der Waals surface area contributed by atoms with Crippen LogP contribution in [-0.2, 0) is 16.6 Å². The number of ether oxygens (including phenoxy) is 2. The van der Waals surface area contributed by atoms with E-state index in [1.807, 2.05) is 32.0 Å². The second-order valence-corrected chi connectivity index (χ2v) is 6.83. The Labute approximate surface area is 181 Å². The van der Waals surface area contributed by atoms with E-state index in [1.54, 1.807) is 20.4 Å². The average Bonchev–Trinajstić information content (AvgIpc) is 3.01. The van der Waals surface area contributed by atoms with Crippen molar-refractivity contribution >= 4 is 44.9 Å². The van der Waals surface area contributed by atoms with Crippen LogP contribution >= 0.6 is 0 Å². The van der Waals surface area contributed by atoms with Crippen LogP contribution in [0.1, 0.15) is 16.8 Å². The number of fused-ring (bicyclic) bond motifs is 1. The highest BCUT2D eigenvalue weighted by atomic mass is 32.2. The molecular formula is C17H25MgN3O6S. The van der Waals surface area contributed by atoms with Gasteiger partial charge >= 0.3 is 0 Å². The van der Waals surface area contributed by atoms with Gasteiger partial charge in [0.25, 0.3) is 0 Å². The summed E-state index contributed by atoms with van der Waals surface area (Å²) in [7, 11) is 1.91. The first-order chi connectivity index (χ1) is 11.5. The van der Waals surface area contributed by atoms with Crippen LogP contribution < -0.4 is 9.47 Å². The molecule has 0 bridgehead atoms. The third kappa shape index (κ3) is 5.62. The summed E-state index contributed by atoms with van der Waals surface area (Å²) >= 11 is 0. The van der Waals surface area contributed by atoms with E-state index < -0.39 is 10.8 Å². The van der Waals surface area contributed by atoms with Crippen molar-refractivity contribution in [3.05, 3.63) is 41.2 Å². The molecule has 152 valence electrons. The van der Waals surface area contributed by atoms with Crippen LogP contribution in [-0.4, -0.2) is 72.9 Å². The van der Waals surface area contributed by atoms with Crippen LogP contribution in [0.5, 0.6) is 11.5 Å². The Kier molecular flexibility index (Phi) is 12.1. The maximum atomic E-state index is 12.7. The minimum Gasteiger partial charge on any atom is -0.497 e. The third-order valence-electron chi connectivity index (χ3n) is 3.90. The lowest BCUT2D eigenvalue weighted by atomic mass is 10.1. The van der Waals surface area contributed by atoms with E-state index in [0.29, 0.717) is 5.16 Å². The van der Waals surface area contributed by atoms with Gasteiger partial charge in [-0.1, -0.05) is 0 Å². The maximum Gasteiger partial charge on any atom is 0.197 e. The van der Waals surface area contributed by atoms with Gasteiger partial charge in [-0.2, -0.15) is 0 Å². The van der Waals surface area contributed by atoms with Gasteiger partial charge in [0, 0.05) is 46.4 Å². The molecule has 0 unspecified atom stereocenters. The predicted octanol–water partition coefficient (Wildman–Crippen LogP) is 0.0448. The number of rotatable bonds is 5. The first kappa shape index (κ1) is 28.4.